The molecule has 1 atom stereocenters. The highest BCUT2D eigenvalue weighted by Crippen LogP contribution is 2.40. The summed E-state index contributed by atoms with van der Waals surface area (Å²) >= 11 is 6.16. The SMILES string of the molecule is CC(=Cc1ccc2c(c1)N(S(=O)(=O)c1cccc(C(F)(F)F)c1)C[C@H](CCO)O2)c1c(F)cccc1Cl. The van der Waals surface area contributed by atoms with Crippen molar-refractivity contribution in [3.05, 3.63) is 88.2 Å². The van der Waals surface area contributed by atoms with Gasteiger partial charge in [0.05, 0.1) is 27.7 Å². The van der Waals surface area contributed by atoms with Crippen molar-refractivity contribution in [3.8, 4) is 5.75 Å². The van der Waals surface area contributed by atoms with Crippen molar-refractivity contribution < 1.29 is 35.8 Å². The number of nitrogens with zero attached hydrogens (tertiary/aromatic N) is 1. The maximum Gasteiger partial charge on any atom is 0.416 e. The van der Waals surface area contributed by atoms with Gasteiger partial charge in [-0.2, -0.15) is 13.2 Å². The third kappa shape index (κ3) is 5.61. The first-order valence-electron chi connectivity index (χ1n) is 11.2. The number of hydrogen-bond acceptors (Lipinski definition) is 4. The van der Waals surface area contributed by atoms with E-state index in [1.807, 2.05) is 0 Å². The fourth-order valence-corrected chi connectivity index (χ4v) is 5.95. The summed E-state index contributed by atoms with van der Waals surface area (Å²) in [6.45, 7) is 1.15. The van der Waals surface area contributed by atoms with Crippen LogP contribution < -0.4 is 9.04 Å². The van der Waals surface area contributed by atoms with Gasteiger partial charge in [0.15, 0.2) is 0 Å². The van der Waals surface area contributed by atoms with Crippen LogP contribution in [0.15, 0.2) is 65.6 Å². The third-order valence-corrected chi connectivity index (χ3v) is 7.95. The summed E-state index contributed by atoms with van der Waals surface area (Å²) in [5.74, 6) is -0.345. The van der Waals surface area contributed by atoms with E-state index in [0.717, 1.165) is 22.5 Å². The average molecular weight is 556 g/mol. The molecule has 1 heterocycles. The highest BCUT2D eigenvalue weighted by atomic mass is 35.5. The molecule has 0 spiro atoms. The fraction of sp³-hybridized carbons (Fsp3) is 0.231. The number of halogens is 5. The number of sulfonamides is 1. The molecule has 0 radical (unpaired) electrons. The van der Waals surface area contributed by atoms with Crippen molar-refractivity contribution in [1.82, 2.24) is 0 Å². The minimum atomic E-state index is -4.72. The molecule has 5 nitrogen and oxygen atoms in total. The zero-order valence-electron chi connectivity index (χ0n) is 19.5. The van der Waals surface area contributed by atoms with Crippen molar-refractivity contribution in [1.29, 1.82) is 0 Å². The molecule has 3 aromatic rings. The molecular weight excluding hydrogens is 534 g/mol. The standard InChI is InChI=1S/C26H22ClF4NO4S/c1-16(25-21(27)6-3-7-22(25)28)12-17-8-9-24-23(13-17)32(15-19(36-24)10-11-33)37(34,35)20-5-2-4-18(14-20)26(29,30)31/h2-9,12-14,19,33H,10-11,15H2,1H3/t19-/m0/s1. The van der Waals surface area contributed by atoms with Crippen molar-refractivity contribution in [3.63, 3.8) is 0 Å². The Bertz CT molecular complexity index is 1440. The summed E-state index contributed by atoms with van der Waals surface area (Å²) in [6.07, 6.45) is -3.73. The zero-order chi connectivity index (χ0) is 27.0. The number of aliphatic hydroxyl groups is 1. The van der Waals surface area contributed by atoms with Gasteiger partial charge in [-0.05, 0) is 60.5 Å². The Hall–Kier alpha value is -3.08. The van der Waals surface area contributed by atoms with Crippen LogP contribution in [0.5, 0.6) is 5.75 Å². The first-order chi connectivity index (χ1) is 17.4. The number of alkyl halides is 3. The smallest absolute Gasteiger partial charge is 0.416 e. The highest BCUT2D eigenvalue weighted by molar-refractivity contribution is 7.92. The summed E-state index contributed by atoms with van der Waals surface area (Å²) in [4.78, 5) is -0.534. The predicted molar refractivity (Wildman–Crippen MR) is 133 cm³/mol. The van der Waals surface area contributed by atoms with Gasteiger partial charge in [0.1, 0.15) is 17.7 Å². The van der Waals surface area contributed by atoms with Gasteiger partial charge in [0.2, 0.25) is 0 Å². The van der Waals surface area contributed by atoms with E-state index in [2.05, 4.69) is 0 Å². The van der Waals surface area contributed by atoms with E-state index in [1.54, 1.807) is 25.1 Å². The molecule has 4 rings (SSSR count). The maximum absolute atomic E-state index is 14.4. The number of aliphatic hydroxyl groups excluding tert-OH is 1. The van der Waals surface area contributed by atoms with Gasteiger partial charge in [-0.3, -0.25) is 4.31 Å². The Morgan fingerprint density at radius 1 is 1.16 bits per heavy atom. The number of hydrogen-bond donors (Lipinski definition) is 1. The Labute approximate surface area is 216 Å². The van der Waals surface area contributed by atoms with Gasteiger partial charge in [-0.1, -0.05) is 35.9 Å². The van der Waals surface area contributed by atoms with E-state index >= 15 is 0 Å². The molecular formula is C26H22ClF4NO4S. The monoisotopic (exact) mass is 555 g/mol. The van der Waals surface area contributed by atoms with E-state index in [9.17, 15) is 31.1 Å². The van der Waals surface area contributed by atoms with Crippen LogP contribution >= 0.6 is 11.6 Å². The van der Waals surface area contributed by atoms with Crippen molar-refractivity contribution in [2.75, 3.05) is 17.5 Å². The van der Waals surface area contributed by atoms with Crippen molar-refractivity contribution in [2.24, 2.45) is 0 Å². The molecule has 0 bridgehead atoms. The Morgan fingerprint density at radius 3 is 2.57 bits per heavy atom. The number of benzene rings is 3. The Kier molecular flexibility index (Phi) is 7.55. The number of ether oxygens (including phenoxy) is 1. The van der Waals surface area contributed by atoms with E-state index < -0.39 is 38.6 Å². The van der Waals surface area contributed by atoms with Gasteiger partial charge in [0, 0.05) is 18.6 Å². The number of rotatable bonds is 6. The summed E-state index contributed by atoms with van der Waals surface area (Å²) in [5, 5.41) is 9.58. The number of anilines is 1. The Balaban J connectivity index is 1.81. The van der Waals surface area contributed by atoms with Crippen molar-refractivity contribution >= 4 is 39.0 Å². The van der Waals surface area contributed by atoms with Crippen LogP contribution in [0, 0.1) is 5.82 Å². The molecule has 0 aliphatic carbocycles. The Morgan fingerprint density at radius 2 is 1.89 bits per heavy atom. The minimum Gasteiger partial charge on any atom is -0.486 e. The summed E-state index contributed by atoms with van der Waals surface area (Å²) in [7, 11) is -4.45. The quantitative estimate of drug-likeness (QED) is 0.282. The van der Waals surface area contributed by atoms with Crippen LogP contribution in [0.1, 0.15) is 30.0 Å². The molecule has 0 saturated heterocycles. The molecule has 3 aromatic carbocycles. The average Bonchev–Trinajstić information content (AvgIpc) is 2.83. The van der Waals surface area contributed by atoms with E-state index in [4.69, 9.17) is 16.3 Å². The van der Waals surface area contributed by atoms with Crippen LogP contribution in [0.2, 0.25) is 5.02 Å². The van der Waals surface area contributed by atoms with E-state index in [0.29, 0.717) is 17.2 Å². The largest absolute Gasteiger partial charge is 0.486 e. The molecule has 0 amide bonds. The molecule has 0 saturated carbocycles. The number of allylic oxidation sites excluding steroid dienone is 1. The summed E-state index contributed by atoms with van der Waals surface area (Å²) in [5.41, 5.74) is 0.166. The van der Waals surface area contributed by atoms with Crippen molar-refractivity contribution in [2.45, 2.75) is 30.5 Å². The molecule has 1 N–H and O–H groups in total. The minimum absolute atomic E-state index is 0.104. The molecule has 196 valence electrons. The lowest BCUT2D eigenvalue weighted by atomic mass is 10.0. The second kappa shape index (κ2) is 10.4. The molecule has 0 aromatic heterocycles. The third-order valence-electron chi connectivity index (χ3n) is 5.86. The summed E-state index contributed by atoms with van der Waals surface area (Å²) < 4.78 is 88.2. The first-order valence-corrected chi connectivity index (χ1v) is 13.0. The number of fused-ring (bicyclic) bond motifs is 1. The lowest BCUT2D eigenvalue weighted by Crippen LogP contribution is -2.44. The normalized spacial score (nSPS) is 16.4. The highest BCUT2D eigenvalue weighted by Gasteiger charge is 2.37. The van der Waals surface area contributed by atoms with Gasteiger partial charge in [-0.25, -0.2) is 12.8 Å². The van der Waals surface area contributed by atoms with Crippen LogP contribution in [0.4, 0.5) is 23.2 Å². The fourth-order valence-electron chi connectivity index (χ4n) is 4.10. The molecule has 0 unspecified atom stereocenters. The molecule has 1 aliphatic heterocycles. The molecule has 37 heavy (non-hydrogen) atoms. The maximum atomic E-state index is 14.4. The van der Waals surface area contributed by atoms with Gasteiger partial charge < -0.3 is 9.84 Å². The first kappa shape index (κ1) is 27.0. The van der Waals surface area contributed by atoms with E-state index in [-0.39, 0.29) is 41.6 Å². The summed E-state index contributed by atoms with van der Waals surface area (Å²) in [6, 6.07) is 12.4. The van der Waals surface area contributed by atoms with Crippen LogP contribution in [-0.4, -0.2) is 32.8 Å². The molecule has 1 aliphatic rings. The lowest BCUT2D eigenvalue weighted by molar-refractivity contribution is -0.137. The van der Waals surface area contributed by atoms with Crippen LogP contribution in [0.3, 0.4) is 0 Å². The van der Waals surface area contributed by atoms with Gasteiger partial charge >= 0.3 is 6.18 Å². The predicted octanol–water partition coefficient (Wildman–Crippen LogP) is 6.40. The van der Waals surface area contributed by atoms with Crippen LogP contribution in [-0.2, 0) is 16.2 Å². The lowest BCUT2D eigenvalue weighted by Gasteiger charge is -2.35. The second-order valence-corrected chi connectivity index (χ2v) is 10.7. The van der Waals surface area contributed by atoms with Gasteiger partial charge in [-0.15, -0.1) is 0 Å². The molecule has 11 heteroatoms. The van der Waals surface area contributed by atoms with E-state index in [1.165, 1.54) is 24.3 Å². The van der Waals surface area contributed by atoms with Gasteiger partial charge in [0.25, 0.3) is 10.0 Å². The second-order valence-electron chi connectivity index (χ2n) is 8.47. The zero-order valence-corrected chi connectivity index (χ0v) is 21.0. The van der Waals surface area contributed by atoms with Crippen LogP contribution in [0.25, 0.3) is 11.6 Å². The molecule has 0 fully saturated rings. The topological polar surface area (TPSA) is 66.8 Å².